The molecule has 0 unspecified atom stereocenters. The molecule has 246 valence electrons. The van der Waals surface area contributed by atoms with E-state index in [4.69, 9.17) is 4.74 Å². The molecule has 48 heavy (non-hydrogen) atoms. The molecule has 0 aliphatic carbocycles. The van der Waals surface area contributed by atoms with Gasteiger partial charge in [0, 0.05) is 30.9 Å². The lowest BCUT2D eigenvalue weighted by atomic mass is 9.98. The summed E-state index contributed by atoms with van der Waals surface area (Å²) in [4.78, 5) is 31.2. The van der Waals surface area contributed by atoms with E-state index in [-0.39, 0.29) is 24.5 Å². The van der Waals surface area contributed by atoms with Crippen molar-refractivity contribution in [3.05, 3.63) is 126 Å². The second-order valence-electron chi connectivity index (χ2n) is 12.7. The number of hydrogen-bond acceptors (Lipinski definition) is 5. The molecule has 3 atom stereocenters. The second kappa shape index (κ2) is 14.7. The second-order valence-corrected chi connectivity index (χ2v) is 12.7. The fourth-order valence-electron chi connectivity index (χ4n) is 6.29. The fraction of sp³-hybridized carbons (Fsp3) is 0.250. The van der Waals surface area contributed by atoms with E-state index < -0.39 is 12.1 Å². The van der Waals surface area contributed by atoms with Gasteiger partial charge in [-0.2, -0.15) is 0 Å². The first-order valence-electron chi connectivity index (χ1n) is 16.4. The Balaban J connectivity index is 1.24. The minimum Gasteiger partial charge on any atom is -0.486 e. The molecule has 0 spiro atoms. The SMILES string of the molecule is C[C@H]1CN([C@@H](C)CO)C(=O)c2cccc(NC(=O)Nc3cccc4ccccc34)c2O[C@H]1CN(C)Cc1ccc(-c2ccccc2)cc1. The smallest absolute Gasteiger partial charge is 0.323 e. The standard InChI is InChI=1S/C40H42N4O4/c1-27-23-44(28(2)26-45)39(46)34-16-10-18-36(42-40(47)41-35-17-9-14-32-13-7-8-15-33(32)35)38(34)48-37(27)25-43(3)24-29-19-21-31(22-20-29)30-11-5-4-6-12-30/h4-22,27-28,37,45H,23-26H2,1-3H3,(H2,41,42,47)/t27-,28-,37-/m0/s1. The van der Waals surface area contributed by atoms with E-state index in [0.717, 1.165) is 10.8 Å². The van der Waals surface area contributed by atoms with Crippen LogP contribution in [0.25, 0.3) is 21.9 Å². The summed E-state index contributed by atoms with van der Waals surface area (Å²) in [5.74, 6) is 0.00117. The Labute approximate surface area is 282 Å². The van der Waals surface area contributed by atoms with Crippen LogP contribution in [0.3, 0.4) is 0 Å². The van der Waals surface area contributed by atoms with Gasteiger partial charge in [0.15, 0.2) is 5.75 Å². The number of carbonyl (C=O) groups excluding carboxylic acids is 2. The Morgan fingerprint density at radius 2 is 1.52 bits per heavy atom. The van der Waals surface area contributed by atoms with Gasteiger partial charge < -0.3 is 25.4 Å². The molecule has 3 N–H and O–H groups in total. The van der Waals surface area contributed by atoms with Crippen LogP contribution in [0.2, 0.25) is 0 Å². The molecule has 0 saturated heterocycles. The molecule has 8 nitrogen and oxygen atoms in total. The van der Waals surface area contributed by atoms with Crippen LogP contribution in [0.1, 0.15) is 29.8 Å². The number of carbonyl (C=O) groups is 2. The van der Waals surface area contributed by atoms with E-state index in [1.54, 1.807) is 23.1 Å². The van der Waals surface area contributed by atoms with E-state index >= 15 is 0 Å². The van der Waals surface area contributed by atoms with E-state index in [0.29, 0.717) is 42.3 Å². The summed E-state index contributed by atoms with van der Waals surface area (Å²) in [5, 5.41) is 17.9. The predicted molar refractivity (Wildman–Crippen MR) is 192 cm³/mol. The summed E-state index contributed by atoms with van der Waals surface area (Å²) in [6, 6.07) is 36.9. The molecule has 1 aliphatic heterocycles. The van der Waals surface area contributed by atoms with E-state index in [2.05, 4.69) is 65.9 Å². The van der Waals surface area contributed by atoms with Crippen molar-refractivity contribution in [1.82, 2.24) is 9.80 Å². The monoisotopic (exact) mass is 642 g/mol. The average molecular weight is 643 g/mol. The molecular weight excluding hydrogens is 600 g/mol. The highest BCUT2D eigenvalue weighted by molar-refractivity contribution is 6.08. The normalized spacial score (nSPS) is 16.9. The summed E-state index contributed by atoms with van der Waals surface area (Å²) in [7, 11) is 2.06. The van der Waals surface area contributed by atoms with E-state index in [9.17, 15) is 14.7 Å². The average Bonchev–Trinajstić information content (AvgIpc) is 3.10. The first-order chi connectivity index (χ1) is 23.3. The number of ether oxygens (including phenoxy) is 1. The van der Waals surface area contributed by atoms with Crippen LogP contribution in [0.15, 0.2) is 115 Å². The number of hydrogen-bond donors (Lipinski definition) is 3. The number of rotatable bonds is 9. The van der Waals surface area contributed by atoms with Crippen molar-refractivity contribution in [2.24, 2.45) is 5.92 Å². The lowest BCUT2D eigenvalue weighted by Crippen LogP contribution is -2.49. The van der Waals surface area contributed by atoms with E-state index in [1.807, 2.05) is 67.6 Å². The summed E-state index contributed by atoms with van der Waals surface area (Å²) in [5.41, 5.74) is 4.94. The number of nitrogens with zero attached hydrogens (tertiary/aromatic N) is 2. The third-order valence-corrected chi connectivity index (χ3v) is 8.98. The van der Waals surface area contributed by atoms with Crippen molar-refractivity contribution in [3.63, 3.8) is 0 Å². The minimum atomic E-state index is -0.445. The third-order valence-electron chi connectivity index (χ3n) is 8.98. The van der Waals surface area contributed by atoms with Crippen molar-refractivity contribution in [3.8, 4) is 16.9 Å². The van der Waals surface area contributed by atoms with Gasteiger partial charge >= 0.3 is 6.03 Å². The number of likely N-dealkylation sites (N-methyl/N-ethyl adjacent to an activating group) is 1. The number of urea groups is 1. The lowest BCUT2D eigenvalue weighted by Gasteiger charge is -2.38. The fourth-order valence-corrected chi connectivity index (χ4v) is 6.29. The number of nitrogens with one attached hydrogen (secondary N) is 2. The maximum absolute atomic E-state index is 13.9. The van der Waals surface area contributed by atoms with Crippen molar-refractivity contribution in [2.75, 3.05) is 37.4 Å². The van der Waals surface area contributed by atoms with Crippen molar-refractivity contribution in [1.29, 1.82) is 0 Å². The van der Waals surface area contributed by atoms with Crippen LogP contribution in [-0.2, 0) is 6.54 Å². The first kappa shape index (κ1) is 32.7. The third kappa shape index (κ3) is 7.35. The van der Waals surface area contributed by atoms with Crippen LogP contribution in [-0.4, -0.2) is 65.7 Å². The largest absolute Gasteiger partial charge is 0.486 e. The Hall–Kier alpha value is -5.18. The van der Waals surface area contributed by atoms with Crippen molar-refractivity contribution >= 4 is 34.1 Å². The van der Waals surface area contributed by atoms with Crippen LogP contribution in [0.5, 0.6) is 5.75 Å². The minimum absolute atomic E-state index is 0.0726. The summed E-state index contributed by atoms with van der Waals surface area (Å²) >= 11 is 0. The van der Waals surface area contributed by atoms with Crippen LogP contribution in [0, 0.1) is 5.92 Å². The Kier molecular flexibility index (Phi) is 10.0. The van der Waals surface area contributed by atoms with Gasteiger partial charge in [-0.15, -0.1) is 0 Å². The number of fused-ring (bicyclic) bond motifs is 2. The van der Waals surface area contributed by atoms with Gasteiger partial charge in [-0.25, -0.2) is 4.79 Å². The molecule has 0 radical (unpaired) electrons. The van der Waals surface area contributed by atoms with Gasteiger partial charge in [0.25, 0.3) is 5.91 Å². The van der Waals surface area contributed by atoms with Gasteiger partial charge in [-0.1, -0.05) is 104 Å². The van der Waals surface area contributed by atoms with Crippen molar-refractivity contribution < 1.29 is 19.4 Å². The molecule has 5 aromatic carbocycles. The molecule has 1 heterocycles. The van der Waals surface area contributed by atoms with E-state index in [1.165, 1.54) is 16.7 Å². The topological polar surface area (TPSA) is 94.1 Å². The molecule has 0 aromatic heterocycles. The zero-order valence-corrected chi connectivity index (χ0v) is 27.6. The maximum Gasteiger partial charge on any atom is 0.323 e. The molecule has 8 heteroatoms. The molecule has 0 bridgehead atoms. The van der Waals surface area contributed by atoms with Gasteiger partial charge in [0.2, 0.25) is 0 Å². The lowest BCUT2D eigenvalue weighted by molar-refractivity contribution is 0.0343. The Morgan fingerprint density at radius 3 is 2.29 bits per heavy atom. The van der Waals surface area contributed by atoms with Gasteiger partial charge in [0.05, 0.1) is 29.6 Å². The van der Waals surface area contributed by atoms with Gasteiger partial charge in [-0.05, 0) is 54.2 Å². The molecule has 0 fully saturated rings. The predicted octanol–water partition coefficient (Wildman–Crippen LogP) is 7.50. The number of amides is 3. The molecule has 6 rings (SSSR count). The zero-order chi connectivity index (χ0) is 33.6. The Morgan fingerprint density at radius 1 is 0.875 bits per heavy atom. The highest BCUT2D eigenvalue weighted by atomic mass is 16.5. The number of anilines is 2. The van der Waals surface area contributed by atoms with Crippen molar-refractivity contribution in [2.45, 2.75) is 32.5 Å². The number of benzene rings is 5. The molecule has 1 aliphatic rings. The molecule has 3 amide bonds. The highest BCUT2D eigenvalue weighted by Gasteiger charge is 2.34. The summed E-state index contributed by atoms with van der Waals surface area (Å²) in [6.07, 6.45) is -0.317. The quantitative estimate of drug-likeness (QED) is 0.155. The van der Waals surface area contributed by atoms with Crippen LogP contribution in [0.4, 0.5) is 16.2 Å². The number of para-hydroxylation sites is 1. The molecular formula is C40H42N4O4. The zero-order valence-electron chi connectivity index (χ0n) is 27.6. The summed E-state index contributed by atoms with van der Waals surface area (Å²) < 4.78 is 6.72. The van der Waals surface area contributed by atoms with Crippen LogP contribution < -0.4 is 15.4 Å². The number of aliphatic hydroxyl groups is 1. The first-order valence-corrected chi connectivity index (χ1v) is 16.4. The number of aliphatic hydroxyl groups excluding tert-OH is 1. The Bertz CT molecular complexity index is 1870. The highest BCUT2D eigenvalue weighted by Crippen LogP contribution is 2.35. The molecule has 5 aromatic rings. The summed E-state index contributed by atoms with van der Waals surface area (Å²) in [6.45, 7) is 5.44. The van der Waals surface area contributed by atoms with Gasteiger partial charge in [0.1, 0.15) is 6.10 Å². The molecule has 0 saturated carbocycles. The maximum atomic E-state index is 13.9. The van der Waals surface area contributed by atoms with Gasteiger partial charge in [-0.3, -0.25) is 9.69 Å². The van der Waals surface area contributed by atoms with Crippen LogP contribution >= 0.6 is 0 Å².